The number of ketones is 1. The van der Waals surface area contributed by atoms with Gasteiger partial charge in [0.2, 0.25) is 5.95 Å². The van der Waals surface area contributed by atoms with Crippen molar-refractivity contribution >= 4 is 17.3 Å². The van der Waals surface area contributed by atoms with Gasteiger partial charge in [-0.3, -0.25) is 9.78 Å². The average molecular weight is 509 g/mol. The van der Waals surface area contributed by atoms with Crippen LogP contribution in [0.2, 0.25) is 0 Å². The molecule has 0 amide bonds. The summed E-state index contributed by atoms with van der Waals surface area (Å²) >= 11 is 0. The highest BCUT2D eigenvalue weighted by Crippen LogP contribution is 2.39. The van der Waals surface area contributed by atoms with E-state index in [0.29, 0.717) is 43.7 Å². The Balaban J connectivity index is 1.46. The van der Waals surface area contributed by atoms with Gasteiger partial charge >= 0.3 is 0 Å². The Morgan fingerprint density at radius 3 is 2.76 bits per heavy atom. The second kappa shape index (κ2) is 9.74. The number of pyridine rings is 1. The van der Waals surface area contributed by atoms with E-state index in [-0.39, 0.29) is 34.9 Å². The number of carbonyl (C=O) groups is 1. The van der Waals surface area contributed by atoms with Crippen LogP contribution in [0.4, 0.5) is 14.7 Å². The minimum absolute atomic E-state index is 0.0841. The van der Waals surface area contributed by atoms with Crippen molar-refractivity contribution in [3.63, 3.8) is 0 Å². The van der Waals surface area contributed by atoms with E-state index in [1.807, 2.05) is 39.0 Å². The second-order valence-corrected chi connectivity index (χ2v) is 9.81. The molecular weight excluding hydrogens is 478 g/mol. The van der Waals surface area contributed by atoms with E-state index in [1.54, 1.807) is 0 Å². The van der Waals surface area contributed by atoms with E-state index in [4.69, 9.17) is 9.51 Å². The van der Waals surface area contributed by atoms with Crippen molar-refractivity contribution in [3.05, 3.63) is 58.4 Å². The first-order valence-electron chi connectivity index (χ1n) is 12.5. The number of halogens is 2. The van der Waals surface area contributed by atoms with Crippen LogP contribution in [0, 0.1) is 19.8 Å². The molecule has 0 unspecified atom stereocenters. The van der Waals surface area contributed by atoms with E-state index in [9.17, 15) is 13.6 Å². The standard InChI is InChI=1S/C27H30F2N6O2/c1-5-23(36)16-10-17(12-30-11-16)32-26-31-13-20(27(4,28)29)25(34-26)19-7-8-21-18(19)6-9-22(33-21)24-14(2)35-37-15(24)3/h6-7,9,13,16-17,30H,5,8,10-12H2,1-4H3,(H,31,32,34)/t16-,17+/m1/s1. The molecule has 0 spiro atoms. The van der Waals surface area contributed by atoms with Gasteiger partial charge in [0.05, 0.1) is 33.9 Å². The number of piperidine rings is 1. The van der Waals surface area contributed by atoms with Crippen LogP contribution in [0.5, 0.6) is 0 Å². The number of carbonyl (C=O) groups excluding carboxylic acids is 1. The number of nitrogens with zero attached hydrogens (tertiary/aromatic N) is 4. The Morgan fingerprint density at radius 1 is 1.24 bits per heavy atom. The maximum atomic E-state index is 14.6. The third kappa shape index (κ3) is 4.90. The summed E-state index contributed by atoms with van der Waals surface area (Å²) in [6, 6.07) is 3.66. The summed E-state index contributed by atoms with van der Waals surface area (Å²) in [6.07, 6.45) is 4.70. The minimum atomic E-state index is -3.13. The highest BCUT2D eigenvalue weighted by atomic mass is 19.3. The minimum Gasteiger partial charge on any atom is -0.361 e. The van der Waals surface area contributed by atoms with Crippen LogP contribution >= 0.6 is 0 Å². The number of fused-ring (bicyclic) bond motifs is 1. The molecule has 0 aromatic carbocycles. The number of anilines is 1. The Bertz CT molecular complexity index is 1360. The number of allylic oxidation sites excluding steroid dienone is 1. The topological polar surface area (TPSA) is 106 Å². The van der Waals surface area contributed by atoms with Gasteiger partial charge in [-0.05, 0) is 26.3 Å². The molecule has 8 nitrogen and oxygen atoms in total. The van der Waals surface area contributed by atoms with Crippen LogP contribution in [0.3, 0.4) is 0 Å². The molecule has 0 bridgehead atoms. The Morgan fingerprint density at radius 2 is 2.05 bits per heavy atom. The molecule has 1 fully saturated rings. The molecule has 4 heterocycles. The van der Waals surface area contributed by atoms with Crippen molar-refractivity contribution in [2.24, 2.45) is 5.92 Å². The molecule has 10 heteroatoms. The molecule has 5 rings (SSSR count). The third-order valence-electron chi connectivity index (χ3n) is 7.06. The number of rotatable bonds is 7. The molecule has 3 aromatic rings. The second-order valence-electron chi connectivity index (χ2n) is 9.81. The van der Waals surface area contributed by atoms with E-state index < -0.39 is 5.92 Å². The lowest BCUT2D eigenvalue weighted by Crippen LogP contribution is -2.45. The van der Waals surface area contributed by atoms with Gasteiger partial charge in [0.15, 0.2) is 0 Å². The molecule has 1 aliphatic heterocycles. The number of hydrogen-bond donors (Lipinski definition) is 2. The van der Waals surface area contributed by atoms with Crippen LogP contribution < -0.4 is 10.6 Å². The van der Waals surface area contributed by atoms with Crippen molar-refractivity contribution < 1.29 is 18.1 Å². The summed E-state index contributed by atoms with van der Waals surface area (Å²) in [6.45, 7) is 7.68. The summed E-state index contributed by atoms with van der Waals surface area (Å²) in [5, 5.41) is 10.5. The van der Waals surface area contributed by atoms with Gasteiger partial charge in [0.1, 0.15) is 11.5 Å². The fourth-order valence-electron chi connectivity index (χ4n) is 5.17. The van der Waals surface area contributed by atoms with Gasteiger partial charge < -0.3 is 15.2 Å². The Hall–Kier alpha value is -3.53. The van der Waals surface area contributed by atoms with Crippen molar-refractivity contribution in [3.8, 4) is 11.3 Å². The highest BCUT2D eigenvalue weighted by Gasteiger charge is 2.33. The van der Waals surface area contributed by atoms with E-state index >= 15 is 0 Å². The fraction of sp³-hybridized carbons (Fsp3) is 0.444. The predicted molar refractivity (Wildman–Crippen MR) is 135 cm³/mol. The summed E-state index contributed by atoms with van der Waals surface area (Å²) in [7, 11) is 0. The molecule has 0 saturated carbocycles. The van der Waals surface area contributed by atoms with E-state index in [0.717, 1.165) is 35.1 Å². The number of Topliss-reactive ketones (excluding diaryl/α,β-unsaturated/α-hetero) is 1. The first-order valence-corrected chi connectivity index (χ1v) is 12.5. The number of aryl methyl sites for hydroxylation is 2. The maximum Gasteiger partial charge on any atom is 0.274 e. The summed E-state index contributed by atoms with van der Waals surface area (Å²) < 4.78 is 34.6. The first kappa shape index (κ1) is 25.1. The van der Waals surface area contributed by atoms with Crippen molar-refractivity contribution in [2.45, 2.75) is 58.9 Å². The molecule has 0 radical (unpaired) electrons. The van der Waals surface area contributed by atoms with Crippen molar-refractivity contribution in [2.75, 3.05) is 18.4 Å². The lowest BCUT2D eigenvalue weighted by atomic mass is 9.91. The quantitative estimate of drug-likeness (QED) is 0.477. The summed E-state index contributed by atoms with van der Waals surface area (Å²) in [5.41, 5.74) is 4.41. The van der Waals surface area contributed by atoms with Gasteiger partial charge in [-0.1, -0.05) is 24.2 Å². The fourth-order valence-corrected chi connectivity index (χ4v) is 5.17. The zero-order valence-electron chi connectivity index (χ0n) is 21.4. The predicted octanol–water partition coefficient (Wildman–Crippen LogP) is 4.61. The zero-order valence-corrected chi connectivity index (χ0v) is 21.4. The zero-order chi connectivity index (χ0) is 26.3. The molecular formula is C27H30F2N6O2. The average Bonchev–Trinajstić information content (AvgIpc) is 3.44. The lowest BCUT2D eigenvalue weighted by Gasteiger charge is -2.30. The van der Waals surface area contributed by atoms with Crippen LogP contribution in [0.25, 0.3) is 16.8 Å². The number of alkyl halides is 2. The monoisotopic (exact) mass is 508 g/mol. The normalized spacial score (nSPS) is 19.5. The van der Waals surface area contributed by atoms with E-state index in [1.165, 1.54) is 6.20 Å². The molecule has 2 N–H and O–H groups in total. The first-order chi connectivity index (χ1) is 17.7. The van der Waals surface area contributed by atoms with Crippen LogP contribution in [-0.2, 0) is 17.1 Å². The van der Waals surface area contributed by atoms with Gasteiger partial charge in [0, 0.05) is 62.1 Å². The largest absolute Gasteiger partial charge is 0.361 e. The number of aromatic nitrogens is 4. The molecule has 37 heavy (non-hydrogen) atoms. The molecule has 1 aliphatic carbocycles. The lowest BCUT2D eigenvalue weighted by molar-refractivity contribution is -0.123. The van der Waals surface area contributed by atoms with Crippen molar-refractivity contribution in [1.82, 2.24) is 25.4 Å². The SMILES string of the molecule is CCC(=O)[C@H]1CNC[C@@H](Nc2ncc(C(C)(F)F)c(C3=CCc4nc(-c5c(C)noc5C)ccc43)n2)C1. The van der Waals surface area contributed by atoms with Gasteiger partial charge in [-0.2, -0.15) is 0 Å². The van der Waals surface area contributed by atoms with E-state index in [2.05, 4.69) is 25.8 Å². The molecule has 2 atom stereocenters. The summed E-state index contributed by atoms with van der Waals surface area (Å²) in [5.74, 6) is -2.08. The van der Waals surface area contributed by atoms with Crippen LogP contribution in [0.15, 0.2) is 28.9 Å². The van der Waals surface area contributed by atoms with Gasteiger partial charge in [-0.25, -0.2) is 18.7 Å². The third-order valence-corrected chi connectivity index (χ3v) is 7.06. The smallest absolute Gasteiger partial charge is 0.274 e. The maximum absolute atomic E-state index is 14.6. The molecule has 2 aliphatic rings. The van der Waals surface area contributed by atoms with Gasteiger partial charge in [-0.15, -0.1) is 0 Å². The number of nitrogens with one attached hydrogen (secondary N) is 2. The number of hydrogen-bond acceptors (Lipinski definition) is 8. The summed E-state index contributed by atoms with van der Waals surface area (Å²) in [4.78, 5) is 25.8. The Labute approximate surface area is 214 Å². The molecule has 3 aromatic heterocycles. The molecule has 1 saturated heterocycles. The van der Waals surface area contributed by atoms with Crippen LogP contribution in [0.1, 0.15) is 60.7 Å². The van der Waals surface area contributed by atoms with Crippen molar-refractivity contribution in [1.29, 1.82) is 0 Å². The Kier molecular flexibility index (Phi) is 6.61. The van der Waals surface area contributed by atoms with Crippen LogP contribution in [-0.4, -0.2) is 45.0 Å². The highest BCUT2D eigenvalue weighted by molar-refractivity contribution is 5.85. The molecule has 194 valence electrons. The van der Waals surface area contributed by atoms with Gasteiger partial charge in [0.25, 0.3) is 5.92 Å².